The van der Waals surface area contributed by atoms with E-state index in [2.05, 4.69) is 15.5 Å². The Morgan fingerprint density at radius 1 is 1.17 bits per heavy atom. The zero-order valence-corrected chi connectivity index (χ0v) is 17.0. The van der Waals surface area contributed by atoms with Crippen molar-refractivity contribution in [3.05, 3.63) is 70.2 Å². The third-order valence-corrected chi connectivity index (χ3v) is 5.19. The third-order valence-electron chi connectivity index (χ3n) is 4.34. The van der Waals surface area contributed by atoms with Crippen LogP contribution in [0, 0.1) is 13.8 Å². The van der Waals surface area contributed by atoms with E-state index in [1.165, 1.54) is 36.6 Å². The van der Waals surface area contributed by atoms with E-state index in [0.29, 0.717) is 10.8 Å². The summed E-state index contributed by atoms with van der Waals surface area (Å²) < 4.78 is 0. The predicted molar refractivity (Wildman–Crippen MR) is 114 cm³/mol. The number of aromatic nitrogens is 1. The number of hydrogen-bond donors (Lipinski definition) is 2. The number of thiazole rings is 1. The van der Waals surface area contributed by atoms with Crippen molar-refractivity contribution in [1.82, 2.24) is 10.4 Å². The number of rotatable bonds is 5. The Morgan fingerprint density at radius 2 is 1.93 bits per heavy atom. The van der Waals surface area contributed by atoms with Gasteiger partial charge >= 0.3 is 0 Å². The minimum atomic E-state index is -0.532. The Balaban J connectivity index is 1.78. The van der Waals surface area contributed by atoms with E-state index >= 15 is 0 Å². The van der Waals surface area contributed by atoms with Crippen molar-refractivity contribution >= 4 is 40.2 Å². The second kappa shape index (κ2) is 8.66. The summed E-state index contributed by atoms with van der Waals surface area (Å²) in [5.41, 5.74) is 5.84. The summed E-state index contributed by atoms with van der Waals surface area (Å²) in [6.07, 6.45) is 1.39. The molecule has 148 valence electrons. The van der Waals surface area contributed by atoms with Gasteiger partial charge in [-0.05, 0) is 43.2 Å². The number of anilines is 2. The molecule has 0 radical (unpaired) electrons. The van der Waals surface area contributed by atoms with Crippen molar-refractivity contribution < 1.29 is 14.7 Å². The predicted octanol–water partition coefficient (Wildman–Crippen LogP) is 3.91. The van der Waals surface area contributed by atoms with Crippen LogP contribution >= 0.6 is 11.3 Å². The van der Waals surface area contributed by atoms with Crippen molar-refractivity contribution in [2.45, 2.75) is 20.8 Å². The molecule has 8 heteroatoms. The van der Waals surface area contributed by atoms with Gasteiger partial charge in [0.1, 0.15) is 5.75 Å². The number of phenols is 1. The fourth-order valence-electron chi connectivity index (χ4n) is 2.71. The lowest BCUT2D eigenvalue weighted by molar-refractivity contribution is -0.115. The van der Waals surface area contributed by atoms with Gasteiger partial charge in [-0.3, -0.25) is 14.5 Å². The second-order valence-corrected chi connectivity index (χ2v) is 7.18. The summed E-state index contributed by atoms with van der Waals surface area (Å²) in [6, 6.07) is 12.0. The number of para-hydroxylation sites is 1. The van der Waals surface area contributed by atoms with Crippen LogP contribution in [0.4, 0.5) is 10.8 Å². The van der Waals surface area contributed by atoms with Gasteiger partial charge in [0.2, 0.25) is 5.91 Å². The molecular weight excluding hydrogens is 388 g/mol. The molecule has 2 aromatic carbocycles. The molecule has 2 amide bonds. The number of benzene rings is 2. The molecule has 0 aliphatic carbocycles. The molecular formula is C21H20N4O3S. The number of amides is 2. The quantitative estimate of drug-likeness (QED) is 0.494. The summed E-state index contributed by atoms with van der Waals surface area (Å²) in [5.74, 6) is -0.804. The second-order valence-electron chi connectivity index (χ2n) is 6.34. The Hall–Kier alpha value is -3.52. The van der Waals surface area contributed by atoms with E-state index < -0.39 is 5.91 Å². The van der Waals surface area contributed by atoms with Gasteiger partial charge in [-0.15, -0.1) is 11.3 Å². The summed E-state index contributed by atoms with van der Waals surface area (Å²) >= 11 is 1.30. The van der Waals surface area contributed by atoms with E-state index in [1.54, 1.807) is 22.4 Å². The number of hydrazone groups is 1. The monoisotopic (exact) mass is 408 g/mol. The molecule has 1 aromatic heterocycles. The number of nitrogens with one attached hydrogen (secondary N) is 1. The Morgan fingerprint density at radius 3 is 2.66 bits per heavy atom. The van der Waals surface area contributed by atoms with Crippen LogP contribution in [0.1, 0.15) is 34.1 Å². The van der Waals surface area contributed by atoms with Crippen LogP contribution in [-0.2, 0) is 4.79 Å². The normalized spacial score (nSPS) is 10.9. The molecule has 7 nitrogen and oxygen atoms in total. The maximum Gasteiger partial charge on any atom is 0.275 e. The highest BCUT2D eigenvalue weighted by Crippen LogP contribution is 2.32. The molecule has 0 saturated heterocycles. The molecule has 2 N–H and O–H groups in total. The van der Waals surface area contributed by atoms with Gasteiger partial charge in [0, 0.05) is 12.3 Å². The molecule has 1 heterocycles. The fourth-order valence-corrected chi connectivity index (χ4v) is 3.54. The van der Waals surface area contributed by atoms with E-state index in [0.717, 1.165) is 16.8 Å². The smallest absolute Gasteiger partial charge is 0.275 e. The Labute approximate surface area is 172 Å². The van der Waals surface area contributed by atoms with Crippen molar-refractivity contribution in [3.63, 3.8) is 0 Å². The highest BCUT2D eigenvalue weighted by atomic mass is 32.1. The molecule has 29 heavy (non-hydrogen) atoms. The fraction of sp³-hybridized carbons (Fsp3) is 0.143. The van der Waals surface area contributed by atoms with Crippen LogP contribution in [0.5, 0.6) is 5.75 Å². The van der Waals surface area contributed by atoms with Crippen LogP contribution in [0.3, 0.4) is 0 Å². The van der Waals surface area contributed by atoms with Crippen LogP contribution in [-0.4, -0.2) is 28.1 Å². The number of nitrogens with zero attached hydrogens (tertiary/aromatic N) is 3. The van der Waals surface area contributed by atoms with Gasteiger partial charge in [-0.2, -0.15) is 5.10 Å². The summed E-state index contributed by atoms with van der Waals surface area (Å²) in [5, 5.41) is 15.8. The Bertz CT molecular complexity index is 1090. The largest absolute Gasteiger partial charge is 0.507 e. The van der Waals surface area contributed by atoms with Gasteiger partial charge in [-0.1, -0.05) is 24.3 Å². The number of aromatic hydroxyl groups is 1. The van der Waals surface area contributed by atoms with E-state index in [-0.39, 0.29) is 17.2 Å². The summed E-state index contributed by atoms with van der Waals surface area (Å²) in [6.45, 7) is 5.44. The number of phenolic OH excluding ortho intramolecular Hbond substituents is 1. The first-order chi connectivity index (χ1) is 13.9. The van der Waals surface area contributed by atoms with Gasteiger partial charge < -0.3 is 5.11 Å². The van der Waals surface area contributed by atoms with Crippen LogP contribution < -0.4 is 10.3 Å². The number of aryl methyl sites for hydroxylation is 1. The first kappa shape index (κ1) is 20.2. The maximum atomic E-state index is 12.3. The molecule has 3 aromatic rings. The number of carbonyl (C=O) groups excluding carboxylic acids is 2. The molecule has 0 atom stereocenters. The van der Waals surface area contributed by atoms with Crippen molar-refractivity contribution in [2.24, 2.45) is 5.10 Å². The lowest BCUT2D eigenvalue weighted by atomic mass is 10.1. The van der Waals surface area contributed by atoms with Crippen molar-refractivity contribution in [3.8, 4) is 5.75 Å². The first-order valence-corrected chi connectivity index (χ1v) is 9.70. The minimum Gasteiger partial charge on any atom is -0.507 e. The van der Waals surface area contributed by atoms with Crippen LogP contribution in [0.2, 0.25) is 0 Å². The zero-order valence-electron chi connectivity index (χ0n) is 16.2. The molecule has 0 saturated carbocycles. The van der Waals surface area contributed by atoms with E-state index in [9.17, 15) is 14.7 Å². The number of carbonyl (C=O) groups is 2. The first-order valence-electron chi connectivity index (χ1n) is 8.82. The molecule has 0 aliphatic rings. The maximum absolute atomic E-state index is 12.3. The van der Waals surface area contributed by atoms with Gasteiger partial charge in [-0.25, -0.2) is 10.4 Å². The van der Waals surface area contributed by atoms with Gasteiger partial charge in [0.05, 0.1) is 23.2 Å². The highest BCUT2D eigenvalue weighted by Gasteiger charge is 2.20. The van der Waals surface area contributed by atoms with Crippen LogP contribution in [0.15, 0.2) is 52.9 Å². The topological polar surface area (TPSA) is 94.9 Å². The standard InChI is InChI=1S/C21H20N4O3S/c1-13-7-6-9-18(14(13)2)25(15(3)26)21-23-16(12-29-21)11-22-24-20(28)17-8-4-5-10-19(17)27/h4-12,27H,1-3H3,(H,24,28)/b22-11-. The van der Waals surface area contributed by atoms with E-state index in [4.69, 9.17) is 0 Å². The minimum absolute atomic E-state index is 0.123. The summed E-state index contributed by atoms with van der Waals surface area (Å²) in [7, 11) is 0. The van der Waals surface area contributed by atoms with Gasteiger partial charge in [0.15, 0.2) is 5.13 Å². The van der Waals surface area contributed by atoms with Crippen LogP contribution in [0.25, 0.3) is 0 Å². The third kappa shape index (κ3) is 4.49. The average Bonchev–Trinajstić information content (AvgIpc) is 3.13. The molecule has 0 aliphatic heterocycles. The molecule has 0 spiro atoms. The average molecular weight is 408 g/mol. The molecule has 0 bridgehead atoms. The number of hydrogen-bond acceptors (Lipinski definition) is 6. The van der Waals surface area contributed by atoms with Crippen molar-refractivity contribution in [2.75, 3.05) is 4.90 Å². The lowest BCUT2D eigenvalue weighted by Gasteiger charge is -2.21. The summed E-state index contributed by atoms with van der Waals surface area (Å²) in [4.78, 5) is 30.3. The molecule has 0 unspecified atom stereocenters. The SMILES string of the molecule is CC(=O)N(c1nc(/C=N\NC(=O)c2ccccc2O)cs1)c1cccc(C)c1C. The molecule has 0 fully saturated rings. The Kier molecular flexibility index (Phi) is 6.04. The lowest BCUT2D eigenvalue weighted by Crippen LogP contribution is -2.23. The zero-order chi connectivity index (χ0) is 21.0. The van der Waals surface area contributed by atoms with E-state index in [1.807, 2.05) is 32.0 Å². The highest BCUT2D eigenvalue weighted by molar-refractivity contribution is 7.14. The molecule has 3 rings (SSSR count). The van der Waals surface area contributed by atoms with Gasteiger partial charge in [0.25, 0.3) is 5.91 Å². The van der Waals surface area contributed by atoms with Crippen molar-refractivity contribution in [1.29, 1.82) is 0 Å².